The molecule has 0 aromatic carbocycles. The average Bonchev–Trinajstić information content (AvgIpc) is 2.86. The van der Waals surface area contributed by atoms with Gasteiger partial charge in [0.2, 0.25) is 0 Å². The van der Waals surface area contributed by atoms with Gasteiger partial charge in [-0.25, -0.2) is 0 Å². The molecule has 84 valence electrons. The van der Waals surface area contributed by atoms with Gasteiger partial charge in [0.25, 0.3) is 0 Å². The normalized spacial score (nSPS) is 19.5. The number of hydrogen-bond donors (Lipinski definition) is 1. The fourth-order valence-electron chi connectivity index (χ4n) is 2.10. The smallest absolute Gasteiger partial charge is 0.0947 e. The van der Waals surface area contributed by atoms with Crippen LogP contribution >= 0.6 is 0 Å². The molecule has 1 unspecified atom stereocenters. The van der Waals surface area contributed by atoms with Gasteiger partial charge in [0, 0.05) is 24.7 Å². The second-order valence-corrected chi connectivity index (χ2v) is 4.42. The summed E-state index contributed by atoms with van der Waals surface area (Å²) in [4.78, 5) is 2.53. The van der Waals surface area contributed by atoms with Crippen LogP contribution in [-0.2, 0) is 6.54 Å². The van der Waals surface area contributed by atoms with Crippen LogP contribution in [0.5, 0.6) is 0 Å². The molecule has 1 saturated heterocycles. The van der Waals surface area contributed by atoms with Crippen molar-refractivity contribution in [3.8, 4) is 0 Å². The fraction of sp³-hybridized carbons (Fsp3) is 0.667. The lowest BCUT2D eigenvalue weighted by Crippen LogP contribution is -2.37. The lowest BCUT2D eigenvalue weighted by molar-refractivity contribution is 0.298. The van der Waals surface area contributed by atoms with Crippen molar-refractivity contribution in [3.05, 3.63) is 24.2 Å². The third kappa shape index (κ3) is 3.36. The lowest BCUT2D eigenvalue weighted by atomic mass is 10.2. The minimum Gasteiger partial charge on any atom is -0.472 e. The van der Waals surface area contributed by atoms with E-state index in [0.29, 0.717) is 6.04 Å². The Balaban J connectivity index is 1.66. The van der Waals surface area contributed by atoms with Crippen molar-refractivity contribution in [3.63, 3.8) is 0 Å². The van der Waals surface area contributed by atoms with Gasteiger partial charge >= 0.3 is 0 Å². The molecular formula is C12H20N2O. The molecule has 1 N–H and O–H groups in total. The molecule has 1 aliphatic rings. The van der Waals surface area contributed by atoms with Crippen molar-refractivity contribution in [2.75, 3.05) is 19.6 Å². The van der Waals surface area contributed by atoms with Gasteiger partial charge in [-0.05, 0) is 38.9 Å². The van der Waals surface area contributed by atoms with Gasteiger partial charge in [-0.15, -0.1) is 0 Å². The minimum absolute atomic E-state index is 0.554. The first-order valence-electron chi connectivity index (χ1n) is 5.81. The molecule has 0 radical (unpaired) electrons. The summed E-state index contributed by atoms with van der Waals surface area (Å²) in [5, 5.41) is 3.51. The van der Waals surface area contributed by atoms with Gasteiger partial charge in [-0.3, -0.25) is 0 Å². The third-order valence-electron chi connectivity index (χ3n) is 2.97. The highest BCUT2D eigenvalue weighted by Crippen LogP contribution is 2.07. The van der Waals surface area contributed by atoms with Crippen molar-refractivity contribution in [2.45, 2.75) is 32.4 Å². The number of furan rings is 1. The molecule has 3 nitrogen and oxygen atoms in total. The Morgan fingerprint density at radius 1 is 1.47 bits per heavy atom. The van der Waals surface area contributed by atoms with E-state index in [9.17, 15) is 0 Å². The van der Waals surface area contributed by atoms with Crippen molar-refractivity contribution >= 4 is 0 Å². The van der Waals surface area contributed by atoms with Crippen molar-refractivity contribution < 1.29 is 4.42 Å². The zero-order valence-electron chi connectivity index (χ0n) is 9.41. The molecule has 15 heavy (non-hydrogen) atoms. The first-order valence-corrected chi connectivity index (χ1v) is 5.81. The minimum atomic E-state index is 0.554. The van der Waals surface area contributed by atoms with E-state index in [1.54, 1.807) is 12.5 Å². The van der Waals surface area contributed by atoms with Crippen LogP contribution in [0.15, 0.2) is 23.0 Å². The predicted octanol–water partition coefficient (Wildman–Crippen LogP) is 1.85. The van der Waals surface area contributed by atoms with Gasteiger partial charge in [-0.1, -0.05) is 0 Å². The maximum absolute atomic E-state index is 5.03. The summed E-state index contributed by atoms with van der Waals surface area (Å²) < 4.78 is 5.03. The van der Waals surface area contributed by atoms with E-state index in [2.05, 4.69) is 17.1 Å². The van der Waals surface area contributed by atoms with Crippen LogP contribution in [0, 0.1) is 0 Å². The van der Waals surface area contributed by atoms with E-state index < -0.39 is 0 Å². The van der Waals surface area contributed by atoms with E-state index in [-0.39, 0.29) is 0 Å². The Morgan fingerprint density at radius 3 is 2.93 bits per heavy atom. The second kappa shape index (κ2) is 5.33. The Labute approximate surface area is 91.4 Å². The molecule has 1 aromatic rings. The van der Waals surface area contributed by atoms with Gasteiger partial charge in [0.1, 0.15) is 0 Å². The summed E-state index contributed by atoms with van der Waals surface area (Å²) >= 11 is 0. The van der Waals surface area contributed by atoms with E-state index in [1.165, 1.54) is 31.5 Å². The fourth-order valence-corrected chi connectivity index (χ4v) is 2.10. The van der Waals surface area contributed by atoms with Crippen LogP contribution in [0.25, 0.3) is 0 Å². The Kier molecular flexibility index (Phi) is 3.80. The van der Waals surface area contributed by atoms with Crippen LogP contribution in [0.3, 0.4) is 0 Å². The quantitative estimate of drug-likeness (QED) is 0.800. The van der Waals surface area contributed by atoms with Crippen LogP contribution < -0.4 is 5.32 Å². The van der Waals surface area contributed by atoms with Crippen LogP contribution in [0.2, 0.25) is 0 Å². The van der Waals surface area contributed by atoms with Gasteiger partial charge in [-0.2, -0.15) is 0 Å². The number of nitrogens with zero attached hydrogens (tertiary/aromatic N) is 1. The summed E-state index contributed by atoms with van der Waals surface area (Å²) in [5.41, 5.74) is 1.23. The summed E-state index contributed by atoms with van der Waals surface area (Å²) in [6.45, 7) is 6.87. The summed E-state index contributed by atoms with van der Waals surface area (Å²) in [5.74, 6) is 0. The highest BCUT2D eigenvalue weighted by atomic mass is 16.3. The highest BCUT2D eigenvalue weighted by Gasteiger charge is 2.13. The summed E-state index contributed by atoms with van der Waals surface area (Å²) in [6, 6.07) is 2.56. The third-order valence-corrected chi connectivity index (χ3v) is 2.97. The number of hydrogen-bond acceptors (Lipinski definition) is 3. The van der Waals surface area contributed by atoms with Crippen molar-refractivity contribution in [2.24, 2.45) is 0 Å². The molecule has 1 aliphatic heterocycles. The molecule has 0 saturated carbocycles. The maximum Gasteiger partial charge on any atom is 0.0947 e. The standard InChI is InChI=1S/C12H20N2O/c1-11(9-14-5-2-3-6-14)13-8-12-4-7-15-10-12/h4,7,10-11,13H,2-3,5-6,8-9H2,1H3. The first-order chi connectivity index (χ1) is 7.34. The summed E-state index contributed by atoms with van der Waals surface area (Å²) in [7, 11) is 0. The number of rotatable bonds is 5. The molecule has 0 aliphatic carbocycles. The predicted molar refractivity (Wildman–Crippen MR) is 60.7 cm³/mol. The Bertz CT molecular complexity index is 265. The largest absolute Gasteiger partial charge is 0.472 e. The summed E-state index contributed by atoms with van der Waals surface area (Å²) in [6.07, 6.45) is 6.26. The molecule has 1 aromatic heterocycles. The Morgan fingerprint density at radius 2 is 2.27 bits per heavy atom. The molecule has 0 bridgehead atoms. The highest BCUT2D eigenvalue weighted by molar-refractivity contribution is 5.04. The molecule has 2 heterocycles. The lowest BCUT2D eigenvalue weighted by Gasteiger charge is -2.20. The average molecular weight is 208 g/mol. The Hall–Kier alpha value is -0.800. The molecule has 0 amide bonds. The molecule has 1 atom stereocenters. The monoisotopic (exact) mass is 208 g/mol. The van der Waals surface area contributed by atoms with Crippen molar-refractivity contribution in [1.29, 1.82) is 0 Å². The zero-order chi connectivity index (χ0) is 10.5. The number of nitrogens with one attached hydrogen (secondary N) is 1. The van der Waals surface area contributed by atoms with Gasteiger partial charge in [0.15, 0.2) is 0 Å². The second-order valence-electron chi connectivity index (χ2n) is 4.42. The van der Waals surface area contributed by atoms with E-state index in [1.807, 2.05) is 6.07 Å². The van der Waals surface area contributed by atoms with Crippen LogP contribution in [0.4, 0.5) is 0 Å². The maximum atomic E-state index is 5.03. The van der Waals surface area contributed by atoms with E-state index in [0.717, 1.165) is 13.1 Å². The van der Waals surface area contributed by atoms with E-state index >= 15 is 0 Å². The molecule has 2 rings (SSSR count). The van der Waals surface area contributed by atoms with Gasteiger partial charge < -0.3 is 14.6 Å². The zero-order valence-corrected chi connectivity index (χ0v) is 9.41. The van der Waals surface area contributed by atoms with Crippen LogP contribution in [-0.4, -0.2) is 30.6 Å². The van der Waals surface area contributed by atoms with E-state index in [4.69, 9.17) is 4.42 Å². The van der Waals surface area contributed by atoms with Crippen LogP contribution in [0.1, 0.15) is 25.3 Å². The molecule has 0 spiro atoms. The molecule has 1 fully saturated rings. The SMILES string of the molecule is CC(CN1CCCC1)NCc1ccoc1. The number of likely N-dealkylation sites (tertiary alicyclic amines) is 1. The van der Waals surface area contributed by atoms with Crippen molar-refractivity contribution in [1.82, 2.24) is 10.2 Å². The molecular weight excluding hydrogens is 188 g/mol. The topological polar surface area (TPSA) is 28.4 Å². The van der Waals surface area contributed by atoms with Gasteiger partial charge in [0.05, 0.1) is 12.5 Å². The first kappa shape index (κ1) is 10.7. The molecule has 3 heteroatoms.